The van der Waals surface area contributed by atoms with Crippen molar-refractivity contribution in [2.45, 2.75) is 57.9 Å². The number of hydrogen-bond donors (Lipinski definition) is 1. The summed E-state index contributed by atoms with van der Waals surface area (Å²) in [5.74, 6) is -0.172. The molecule has 1 N–H and O–H groups in total. The van der Waals surface area contributed by atoms with Gasteiger partial charge in [0.05, 0.1) is 5.92 Å². The van der Waals surface area contributed by atoms with Crippen LogP contribution in [0, 0.1) is 5.82 Å². The Balaban J connectivity index is 1.38. The molecule has 2 atom stereocenters. The molecule has 1 fully saturated rings. The fraction of sp³-hybridized carbons (Fsp3) is 0.407. The van der Waals surface area contributed by atoms with Crippen LogP contribution in [-0.4, -0.2) is 46.0 Å². The normalized spacial score (nSPS) is 17.2. The van der Waals surface area contributed by atoms with Crippen LogP contribution in [-0.2, 0) is 10.2 Å². The molecule has 1 aromatic heterocycles. The zero-order valence-electron chi connectivity index (χ0n) is 20.5. The van der Waals surface area contributed by atoms with E-state index in [4.69, 9.17) is 4.52 Å². The quantitative estimate of drug-likeness (QED) is 0.574. The fourth-order valence-electron chi connectivity index (χ4n) is 4.26. The van der Waals surface area contributed by atoms with Gasteiger partial charge in [0.25, 0.3) is 5.91 Å². The summed E-state index contributed by atoms with van der Waals surface area (Å²) in [5, 5.41) is 6.81. The molecule has 2 unspecified atom stereocenters. The van der Waals surface area contributed by atoms with Gasteiger partial charge in [-0.25, -0.2) is 4.39 Å². The standard InChI is InChI=1S/C27H31FN4O3/c1-17(29-24(33)18-10-12-21(13-11-18)27(2,3)4)26(34)32-14-6-8-20(16-32)25-30-23(31-35-25)19-7-5-9-22(28)15-19/h5,7,9-13,15,17,20H,6,8,14,16H2,1-4H3,(H,29,33). The molecular weight excluding hydrogens is 447 g/mol. The molecule has 4 rings (SSSR count). The Morgan fingerprint density at radius 2 is 1.91 bits per heavy atom. The first-order valence-corrected chi connectivity index (χ1v) is 11.9. The van der Waals surface area contributed by atoms with Gasteiger partial charge < -0.3 is 14.7 Å². The summed E-state index contributed by atoms with van der Waals surface area (Å²) < 4.78 is 19.0. The minimum absolute atomic E-state index is 0.000511. The molecule has 2 heterocycles. The molecule has 8 heteroatoms. The van der Waals surface area contributed by atoms with Gasteiger partial charge in [0, 0.05) is 24.2 Å². The van der Waals surface area contributed by atoms with Crippen LogP contribution < -0.4 is 5.32 Å². The van der Waals surface area contributed by atoms with Gasteiger partial charge in [-0.1, -0.05) is 50.2 Å². The van der Waals surface area contributed by atoms with E-state index >= 15 is 0 Å². The molecule has 1 aliphatic rings. The molecule has 0 radical (unpaired) electrons. The molecule has 2 aromatic carbocycles. The van der Waals surface area contributed by atoms with Crippen LogP contribution in [0.5, 0.6) is 0 Å². The van der Waals surface area contributed by atoms with Crippen LogP contribution in [0.3, 0.4) is 0 Å². The topological polar surface area (TPSA) is 88.3 Å². The lowest BCUT2D eigenvalue weighted by Crippen LogP contribution is -2.49. The van der Waals surface area contributed by atoms with E-state index in [0.717, 1.165) is 18.4 Å². The fourth-order valence-corrected chi connectivity index (χ4v) is 4.26. The number of benzene rings is 2. The van der Waals surface area contributed by atoms with Gasteiger partial charge in [-0.05, 0) is 55.0 Å². The van der Waals surface area contributed by atoms with Gasteiger partial charge in [-0.2, -0.15) is 4.98 Å². The summed E-state index contributed by atoms with van der Waals surface area (Å²) in [6.45, 7) is 9.06. The predicted octanol–water partition coefficient (Wildman–Crippen LogP) is 4.70. The summed E-state index contributed by atoms with van der Waals surface area (Å²) >= 11 is 0. The van der Waals surface area contributed by atoms with E-state index in [1.54, 1.807) is 36.1 Å². The highest BCUT2D eigenvalue weighted by atomic mass is 19.1. The lowest BCUT2D eigenvalue weighted by atomic mass is 9.86. The van der Waals surface area contributed by atoms with E-state index in [0.29, 0.717) is 35.9 Å². The molecule has 7 nitrogen and oxygen atoms in total. The summed E-state index contributed by atoms with van der Waals surface area (Å²) in [4.78, 5) is 32.0. The van der Waals surface area contributed by atoms with E-state index < -0.39 is 6.04 Å². The highest BCUT2D eigenvalue weighted by Gasteiger charge is 2.31. The van der Waals surface area contributed by atoms with E-state index in [9.17, 15) is 14.0 Å². The number of aromatic nitrogens is 2. The van der Waals surface area contributed by atoms with E-state index in [2.05, 4.69) is 36.2 Å². The second kappa shape index (κ2) is 9.98. The molecule has 0 bridgehead atoms. The third kappa shape index (κ3) is 5.75. The molecule has 0 saturated carbocycles. The van der Waals surface area contributed by atoms with Gasteiger partial charge in [0.2, 0.25) is 17.6 Å². The number of likely N-dealkylation sites (tertiary alicyclic amines) is 1. The van der Waals surface area contributed by atoms with Crippen molar-refractivity contribution in [2.24, 2.45) is 0 Å². The monoisotopic (exact) mass is 478 g/mol. The minimum Gasteiger partial charge on any atom is -0.341 e. The van der Waals surface area contributed by atoms with E-state index in [-0.39, 0.29) is 29.0 Å². The van der Waals surface area contributed by atoms with Crippen molar-refractivity contribution in [1.82, 2.24) is 20.4 Å². The Kier molecular flexibility index (Phi) is 7.00. The first-order valence-electron chi connectivity index (χ1n) is 11.9. The largest absolute Gasteiger partial charge is 0.341 e. The SMILES string of the molecule is CC(NC(=O)c1ccc(C(C)(C)C)cc1)C(=O)N1CCCC(c2nc(-c3cccc(F)c3)no2)C1. The maximum Gasteiger partial charge on any atom is 0.251 e. The minimum atomic E-state index is -0.672. The highest BCUT2D eigenvalue weighted by Crippen LogP contribution is 2.28. The smallest absolute Gasteiger partial charge is 0.251 e. The number of rotatable bonds is 5. The first kappa shape index (κ1) is 24.6. The van der Waals surface area contributed by atoms with Crippen molar-refractivity contribution < 1.29 is 18.5 Å². The molecule has 0 spiro atoms. The van der Waals surface area contributed by atoms with Crippen molar-refractivity contribution in [2.75, 3.05) is 13.1 Å². The van der Waals surface area contributed by atoms with Crippen LogP contribution in [0.15, 0.2) is 53.1 Å². The van der Waals surface area contributed by atoms with Crippen molar-refractivity contribution >= 4 is 11.8 Å². The second-order valence-electron chi connectivity index (χ2n) is 10.1. The molecule has 1 saturated heterocycles. The molecule has 1 aliphatic heterocycles. The van der Waals surface area contributed by atoms with E-state index in [1.165, 1.54) is 12.1 Å². The zero-order chi connectivity index (χ0) is 25.2. The molecule has 2 amide bonds. The predicted molar refractivity (Wildman–Crippen MR) is 130 cm³/mol. The lowest BCUT2D eigenvalue weighted by molar-refractivity contribution is -0.134. The third-order valence-electron chi connectivity index (χ3n) is 6.34. The van der Waals surface area contributed by atoms with Crippen molar-refractivity contribution in [1.29, 1.82) is 0 Å². The Morgan fingerprint density at radius 3 is 2.60 bits per heavy atom. The number of hydrogen-bond acceptors (Lipinski definition) is 5. The molecule has 184 valence electrons. The number of piperidine rings is 1. The van der Waals surface area contributed by atoms with Crippen LogP contribution in [0.2, 0.25) is 0 Å². The zero-order valence-corrected chi connectivity index (χ0v) is 20.5. The Hall–Kier alpha value is -3.55. The van der Waals surface area contributed by atoms with Crippen LogP contribution in [0.1, 0.15) is 68.3 Å². The molecule has 35 heavy (non-hydrogen) atoms. The number of halogens is 1. The Morgan fingerprint density at radius 1 is 1.17 bits per heavy atom. The Bertz CT molecular complexity index is 1200. The van der Waals surface area contributed by atoms with Gasteiger partial charge in [0.15, 0.2) is 0 Å². The summed E-state index contributed by atoms with van der Waals surface area (Å²) in [6.07, 6.45) is 1.58. The summed E-state index contributed by atoms with van der Waals surface area (Å²) in [7, 11) is 0. The molecular formula is C27H31FN4O3. The first-order chi connectivity index (χ1) is 16.6. The lowest BCUT2D eigenvalue weighted by Gasteiger charge is -2.33. The highest BCUT2D eigenvalue weighted by molar-refractivity contribution is 5.97. The van der Waals surface area contributed by atoms with Crippen molar-refractivity contribution in [3.05, 3.63) is 71.4 Å². The van der Waals surface area contributed by atoms with Crippen molar-refractivity contribution in [3.63, 3.8) is 0 Å². The third-order valence-corrected chi connectivity index (χ3v) is 6.34. The summed E-state index contributed by atoms with van der Waals surface area (Å²) in [6, 6.07) is 12.8. The second-order valence-corrected chi connectivity index (χ2v) is 10.1. The number of carbonyl (C=O) groups is 2. The maximum absolute atomic E-state index is 13.5. The molecule has 3 aromatic rings. The molecule has 0 aliphatic carbocycles. The van der Waals surface area contributed by atoms with E-state index in [1.807, 2.05) is 12.1 Å². The van der Waals surface area contributed by atoms with Crippen molar-refractivity contribution in [3.8, 4) is 11.4 Å². The van der Waals surface area contributed by atoms with Gasteiger partial charge in [-0.15, -0.1) is 0 Å². The van der Waals surface area contributed by atoms with Gasteiger partial charge >= 0.3 is 0 Å². The Labute approximate surface area is 204 Å². The average molecular weight is 479 g/mol. The maximum atomic E-state index is 13.5. The number of nitrogens with zero attached hydrogens (tertiary/aromatic N) is 3. The summed E-state index contributed by atoms with van der Waals surface area (Å²) in [5.41, 5.74) is 2.19. The van der Waals surface area contributed by atoms with Crippen LogP contribution in [0.25, 0.3) is 11.4 Å². The number of amides is 2. The van der Waals surface area contributed by atoms with Crippen LogP contribution >= 0.6 is 0 Å². The van der Waals surface area contributed by atoms with Crippen LogP contribution in [0.4, 0.5) is 4.39 Å². The number of carbonyl (C=O) groups excluding carboxylic acids is 2. The van der Waals surface area contributed by atoms with Gasteiger partial charge in [0.1, 0.15) is 11.9 Å². The number of nitrogens with one attached hydrogen (secondary N) is 1. The average Bonchev–Trinajstić information content (AvgIpc) is 3.34. The van der Waals surface area contributed by atoms with Gasteiger partial charge in [-0.3, -0.25) is 9.59 Å².